The normalized spacial score (nSPS) is 38.2. The number of hydrogen-bond acceptors (Lipinski definition) is 4. The molecule has 204 valence electrons. The molecule has 2 aliphatic carbocycles. The molecule has 1 aromatic carbocycles. The quantitative estimate of drug-likeness (QED) is 0.485. The predicted molar refractivity (Wildman–Crippen MR) is 148 cm³/mol. The summed E-state index contributed by atoms with van der Waals surface area (Å²) in [5, 5.41) is 6.13. The average molecular weight is 510 g/mol. The van der Waals surface area contributed by atoms with Gasteiger partial charge in [-0.15, -0.1) is 0 Å². The molecule has 2 saturated carbocycles. The number of carbonyl (C=O) groups is 2. The molecule has 0 spiro atoms. The van der Waals surface area contributed by atoms with E-state index in [1.54, 1.807) is 0 Å². The van der Waals surface area contributed by atoms with Crippen molar-refractivity contribution in [2.45, 2.75) is 91.1 Å². The van der Waals surface area contributed by atoms with E-state index >= 15 is 0 Å². The van der Waals surface area contributed by atoms with Crippen LogP contribution in [0.25, 0.3) is 0 Å². The minimum absolute atomic E-state index is 0.0853. The number of nitrogens with one attached hydrogen (secondary N) is 2. The Bertz CT molecular complexity index is 1010. The third-order valence-electron chi connectivity index (χ3n) is 11.2. The first-order valence-corrected chi connectivity index (χ1v) is 14.7. The van der Waals surface area contributed by atoms with Crippen molar-refractivity contribution in [1.29, 1.82) is 0 Å². The lowest BCUT2D eigenvalue weighted by molar-refractivity contribution is -0.154. The number of urea groups is 1. The second-order valence-corrected chi connectivity index (χ2v) is 12.8. The molecule has 6 nitrogen and oxygen atoms in total. The number of hydrogen-bond donors (Lipinski definition) is 2. The van der Waals surface area contributed by atoms with Gasteiger partial charge >= 0.3 is 6.03 Å². The van der Waals surface area contributed by atoms with Gasteiger partial charge in [0.1, 0.15) is 11.5 Å². The van der Waals surface area contributed by atoms with Crippen molar-refractivity contribution in [3.05, 3.63) is 24.3 Å². The lowest BCUT2D eigenvalue weighted by Gasteiger charge is -2.63. The molecule has 8 atom stereocenters. The summed E-state index contributed by atoms with van der Waals surface area (Å²) in [7, 11) is 0. The van der Waals surface area contributed by atoms with Crippen LogP contribution in [-0.4, -0.2) is 48.0 Å². The van der Waals surface area contributed by atoms with Gasteiger partial charge in [-0.2, -0.15) is 0 Å². The zero-order valence-corrected chi connectivity index (χ0v) is 23.5. The van der Waals surface area contributed by atoms with E-state index in [1.807, 2.05) is 31.2 Å². The monoisotopic (exact) mass is 509 g/mol. The van der Waals surface area contributed by atoms with E-state index in [9.17, 15) is 9.59 Å². The van der Waals surface area contributed by atoms with Crippen molar-refractivity contribution in [2.75, 3.05) is 25.0 Å². The fourth-order valence-electron chi connectivity index (χ4n) is 9.33. The van der Waals surface area contributed by atoms with Crippen LogP contribution in [0.3, 0.4) is 0 Å². The number of benzene rings is 1. The molecular weight excluding hydrogens is 462 g/mol. The van der Waals surface area contributed by atoms with Crippen LogP contribution in [0.5, 0.6) is 5.75 Å². The zero-order valence-electron chi connectivity index (χ0n) is 23.5. The summed E-state index contributed by atoms with van der Waals surface area (Å²) in [6, 6.07) is 7.51. The molecule has 2 N–H and O–H groups in total. The maximum absolute atomic E-state index is 12.8. The number of amides is 2. The van der Waals surface area contributed by atoms with E-state index in [-0.39, 0.29) is 17.6 Å². The fourth-order valence-corrected chi connectivity index (χ4v) is 9.33. The number of fused-ring (bicyclic) bond motifs is 5. The maximum Gasteiger partial charge on any atom is 0.319 e. The van der Waals surface area contributed by atoms with Crippen LogP contribution in [0.2, 0.25) is 0 Å². The average Bonchev–Trinajstić information content (AvgIpc) is 3.24. The van der Waals surface area contributed by atoms with Gasteiger partial charge in [0.05, 0.1) is 18.3 Å². The van der Waals surface area contributed by atoms with Crippen molar-refractivity contribution in [3.63, 3.8) is 0 Å². The molecule has 4 fully saturated rings. The lowest BCUT2D eigenvalue weighted by Crippen LogP contribution is -2.67. The molecule has 37 heavy (non-hydrogen) atoms. The second-order valence-electron chi connectivity index (χ2n) is 12.8. The summed E-state index contributed by atoms with van der Waals surface area (Å²) in [6.45, 7) is 13.8. The molecule has 0 radical (unpaired) electrons. The Labute approximate surface area is 223 Å². The van der Waals surface area contributed by atoms with E-state index in [4.69, 9.17) is 4.74 Å². The molecule has 5 rings (SSSR count). The highest BCUT2D eigenvalue weighted by molar-refractivity contribution is 5.90. The van der Waals surface area contributed by atoms with Gasteiger partial charge in [-0.1, -0.05) is 26.0 Å². The van der Waals surface area contributed by atoms with Crippen molar-refractivity contribution < 1.29 is 14.3 Å². The van der Waals surface area contributed by atoms with Gasteiger partial charge < -0.3 is 15.4 Å². The molecule has 2 heterocycles. The van der Waals surface area contributed by atoms with Crippen LogP contribution in [0.4, 0.5) is 10.5 Å². The van der Waals surface area contributed by atoms with Crippen molar-refractivity contribution in [3.8, 4) is 5.75 Å². The van der Waals surface area contributed by atoms with Crippen molar-refractivity contribution in [2.24, 2.45) is 35.0 Å². The second kappa shape index (κ2) is 10.2. The molecule has 1 aromatic rings. The summed E-state index contributed by atoms with van der Waals surface area (Å²) in [4.78, 5) is 27.8. The Morgan fingerprint density at radius 1 is 1.14 bits per heavy atom. The van der Waals surface area contributed by atoms with E-state index in [1.165, 1.54) is 32.1 Å². The third kappa shape index (κ3) is 4.57. The Balaban J connectivity index is 1.22. The molecule has 2 saturated heterocycles. The molecule has 6 heteroatoms. The van der Waals surface area contributed by atoms with Crippen LogP contribution < -0.4 is 15.4 Å². The first kappa shape index (κ1) is 26.5. The number of rotatable bonds is 6. The molecule has 2 unspecified atom stereocenters. The number of piperidine rings is 2. The number of para-hydroxylation sites is 2. The zero-order chi connectivity index (χ0) is 26.4. The summed E-state index contributed by atoms with van der Waals surface area (Å²) < 4.78 is 5.65. The first-order valence-electron chi connectivity index (χ1n) is 14.7. The SMILES string of the molecule is CCOc1ccccc1NC(=O)NCC(C)[C@H]1CC[C@H]2[C@@H]3CCN4C(C)C(=O)CC[C@]4(C)[C@H]3CC[C@]12C. The van der Waals surface area contributed by atoms with Crippen LogP contribution in [0, 0.1) is 35.0 Å². The van der Waals surface area contributed by atoms with Crippen LogP contribution >= 0.6 is 0 Å². The fraction of sp³-hybridized carbons (Fsp3) is 0.742. The number of ketones is 1. The number of Topliss-reactive ketones (excluding diaryl/α,β-unsaturated/α-hetero) is 1. The summed E-state index contributed by atoms with van der Waals surface area (Å²) in [5.74, 6) is 4.44. The topological polar surface area (TPSA) is 70.7 Å². The Hall–Kier alpha value is -2.08. The van der Waals surface area contributed by atoms with Crippen molar-refractivity contribution >= 4 is 17.5 Å². The highest BCUT2D eigenvalue weighted by Crippen LogP contribution is 2.64. The molecular formula is C31H47N3O3. The van der Waals surface area contributed by atoms with Gasteiger partial charge in [0.25, 0.3) is 0 Å². The lowest BCUT2D eigenvalue weighted by atomic mass is 9.50. The Morgan fingerprint density at radius 3 is 2.70 bits per heavy atom. The van der Waals surface area contributed by atoms with Gasteiger partial charge in [-0.3, -0.25) is 9.69 Å². The van der Waals surface area contributed by atoms with Gasteiger partial charge in [0.15, 0.2) is 0 Å². The largest absolute Gasteiger partial charge is 0.492 e. The van der Waals surface area contributed by atoms with E-state index < -0.39 is 0 Å². The van der Waals surface area contributed by atoms with Crippen LogP contribution in [0.15, 0.2) is 24.3 Å². The van der Waals surface area contributed by atoms with Gasteiger partial charge in [-0.05, 0) is 113 Å². The summed E-state index contributed by atoms with van der Waals surface area (Å²) in [5.41, 5.74) is 1.23. The van der Waals surface area contributed by atoms with Gasteiger partial charge in [0, 0.05) is 18.5 Å². The number of anilines is 1. The molecule has 0 aromatic heterocycles. The summed E-state index contributed by atoms with van der Waals surface area (Å²) >= 11 is 0. The summed E-state index contributed by atoms with van der Waals surface area (Å²) in [6.07, 6.45) is 8.14. The van der Waals surface area contributed by atoms with E-state index in [2.05, 4.69) is 43.2 Å². The smallest absolute Gasteiger partial charge is 0.319 e. The minimum atomic E-state index is -0.163. The Morgan fingerprint density at radius 2 is 1.92 bits per heavy atom. The molecule has 2 amide bonds. The molecule has 2 aliphatic heterocycles. The van der Waals surface area contributed by atoms with Crippen LogP contribution in [0.1, 0.15) is 79.6 Å². The highest BCUT2D eigenvalue weighted by atomic mass is 16.5. The predicted octanol–water partition coefficient (Wildman–Crippen LogP) is 6.12. The van der Waals surface area contributed by atoms with Crippen molar-refractivity contribution in [1.82, 2.24) is 10.2 Å². The van der Waals surface area contributed by atoms with Gasteiger partial charge in [-0.25, -0.2) is 4.79 Å². The Kier molecular flexibility index (Phi) is 7.34. The standard InChI is InChI=1S/C31H47N3O3/c1-6-37-28-10-8-7-9-26(28)33-29(36)32-19-20(2)23-11-12-24-22-15-18-34-21(3)27(35)14-17-31(34,5)25(22)13-16-30(23,24)4/h7-10,20-25H,6,11-19H2,1-5H3,(H2,32,33,36)/t20?,21?,22-,23+,24-,25-,30+,31+/m0/s1. The third-order valence-corrected chi connectivity index (χ3v) is 11.2. The molecule has 4 aliphatic rings. The first-order chi connectivity index (χ1) is 17.7. The van der Waals surface area contributed by atoms with E-state index in [0.29, 0.717) is 53.5 Å². The highest BCUT2D eigenvalue weighted by Gasteiger charge is 2.61. The molecule has 0 bridgehead atoms. The van der Waals surface area contributed by atoms with E-state index in [0.717, 1.165) is 31.2 Å². The maximum atomic E-state index is 12.8. The van der Waals surface area contributed by atoms with Gasteiger partial charge in [0.2, 0.25) is 0 Å². The minimum Gasteiger partial charge on any atom is -0.492 e. The number of nitrogens with zero attached hydrogens (tertiary/aromatic N) is 1. The number of ether oxygens (including phenoxy) is 1. The number of carbonyl (C=O) groups excluding carboxylic acids is 2. The van der Waals surface area contributed by atoms with Crippen LogP contribution in [-0.2, 0) is 4.79 Å².